The monoisotopic (exact) mass is 516 g/mol. The number of ketones is 1. The summed E-state index contributed by atoms with van der Waals surface area (Å²) in [6, 6.07) is 0. The van der Waals surface area contributed by atoms with Crippen LogP contribution >= 0.6 is 0 Å². The fourth-order valence-corrected chi connectivity index (χ4v) is 9.06. The Bertz CT molecular complexity index is 859. The zero-order valence-corrected chi connectivity index (χ0v) is 26.3. The largest absolute Gasteiger partial charge is 0.413 e. The molecule has 0 aliphatic heterocycles. The van der Waals surface area contributed by atoms with Gasteiger partial charge in [-0.3, -0.25) is 4.79 Å². The summed E-state index contributed by atoms with van der Waals surface area (Å²) in [7, 11) is -3.83. The van der Waals surface area contributed by atoms with E-state index in [2.05, 4.69) is 79.6 Å². The van der Waals surface area contributed by atoms with E-state index < -0.39 is 16.6 Å². The van der Waals surface area contributed by atoms with Crippen LogP contribution in [-0.2, 0) is 13.6 Å². The van der Waals surface area contributed by atoms with Crippen molar-refractivity contribution in [1.82, 2.24) is 0 Å². The van der Waals surface area contributed by atoms with Gasteiger partial charge in [-0.2, -0.15) is 0 Å². The summed E-state index contributed by atoms with van der Waals surface area (Å²) in [6.45, 7) is 23.3. The minimum atomic E-state index is -1.92. The Hall–Kier alpha value is -0.416. The fourth-order valence-electron chi connectivity index (χ4n) is 6.47. The lowest BCUT2D eigenvalue weighted by molar-refractivity contribution is -0.141. The van der Waals surface area contributed by atoms with Gasteiger partial charge in [-0.05, 0) is 92.0 Å². The molecule has 35 heavy (non-hydrogen) atoms. The van der Waals surface area contributed by atoms with Crippen LogP contribution in [-0.4, -0.2) is 34.6 Å². The van der Waals surface area contributed by atoms with Gasteiger partial charge in [-0.25, -0.2) is 0 Å². The van der Waals surface area contributed by atoms with Crippen molar-refractivity contribution in [3.05, 3.63) is 0 Å². The Labute approximate surface area is 218 Å². The Morgan fingerprint density at radius 2 is 1.49 bits per heavy atom. The van der Waals surface area contributed by atoms with Crippen LogP contribution in [0.15, 0.2) is 0 Å². The Morgan fingerprint density at radius 1 is 0.886 bits per heavy atom. The summed E-state index contributed by atoms with van der Waals surface area (Å²) in [6.07, 6.45) is 8.16. The molecular formula is C30H52O3Si2. The van der Waals surface area contributed by atoms with Crippen LogP contribution in [0.4, 0.5) is 0 Å². The van der Waals surface area contributed by atoms with Gasteiger partial charge in [0.25, 0.3) is 0 Å². The summed E-state index contributed by atoms with van der Waals surface area (Å²) < 4.78 is 13.9. The van der Waals surface area contributed by atoms with Gasteiger partial charge >= 0.3 is 0 Å². The first-order chi connectivity index (χ1) is 16.0. The Balaban J connectivity index is 1.56. The molecule has 0 spiro atoms. The standard InChI is InChI=1S/C30H52O3Si2/c1-29(2,3)34(7,8)32-20(18-25-21-12-11-13-22(21)25)14-15-24-26-19-27(31)23(26)16-17-28(24)33-35(9,10)30(4,5)6/h20-26,28H,11-13,16-19H2,1-10H3/t20-,21?,22?,23-,24+,25?,26-,28+/m1/s1. The molecule has 4 aliphatic rings. The zero-order chi connectivity index (χ0) is 26.0. The quantitative estimate of drug-likeness (QED) is 0.267. The highest BCUT2D eigenvalue weighted by Gasteiger charge is 2.54. The molecular weight excluding hydrogens is 464 g/mol. The molecule has 0 aromatic rings. The van der Waals surface area contributed by atoms with Crippen LogP contribution < -0.4 is 0 Å². The third kappa shape index (κ3) is 5.57. The summed E-state index contributed by atoms with van der Waals surface area (Å²) in [5, 5.41) is 0.353. The second-order valence-electron chi connectivity index (χ2n) is 15.3. The zero-order valence-electron chi connectivity index (χ0n) is 24.3. The molecule has 0 N–H and O–H groups in total. The number of fused-ring (bicyclic) bond motifs is 2. The van der Waals surface area contributed by atoms with Gasteiger partial charge in [0.05, 0.1) is 6.10 Å². The third-order valence-electron chi connectivity index (χ3n) is 11.0. The number of carbonyl (C=O) groups is 1. The van der Waals surface area contributed by atoms with Crippen molar-refractivity contribution in [2.24, 2.45) is 35.5 Å². The van der Waals surface area contributed by atoms with Crippen LogP contribution in [0.1, 0.15) is 86.5 Å². The van der Waals surface area contributed by atoms with Crippen molar-refractivity contribution in [2.45, 2.75) is 135 Å². The Kier molecular flexibility index (Phi) is 7.42. The molecule has 0 amide bonds. The second kappa shape index (κ2) is 9.40. The Morgan fingerprint density at radius 3 is 2.03 bits per heavy atom. The summed E-state index contributed by atoms with van der Waals surface area (Å²) in [5.74, 6) is 11.4. The minimum absolute atomic E-state index is 0.0242. The third-order valence-corrected chi connectivity index (χ3v) is 20.0. The van der Waals surface area contributed by atoms with Crippen LogP contribution in [0.25, 0.3) is 0 Å². The summed E-state index contributed by atoms with van der Waals surface area (Å²) >= 11 is 0. The van der Waals surface area contributed by atoms with Gasteiger partial charge in [0.1, 0.15) is 11.9 Å². The van der Waals surface area contributed by atoms with E-state index in [9.17, 15) is 4.79 Å². The summed E-state index contributed by atoms with van der Waals surface area (Å²) in [5.41, 5.74) is 0. The minimum Gasteiger partial charge on any atom is -0.413 e. The maximum Gasteiger partial charge on any atom is 0.193 e. The molecule has 0 saturated heterocycles. The van der Waals surface area contributed by atoms with Crippen molar-refractivity contribution >= 4 is 22.4 Å². The van der Waals surface area contributed by atoms with Crippen molar-refractivity contribution in [3.63, 3.8) is 0 Å². The number of hydrogen-bond acceptors (Lipinski definition) is 3. The normalized spacial score (nSPS) is 35.9. The second-order valence-corrected chi connectivity index (χ2v) is 24.8. The maximum absolute atomic E-state index is 12.4. The van der Waals surface area contributed by atoms with Crippen LogP contribution in [0.5, 0.6) is 0 Å². The van der Waals surface area contributed by atoms with Gasteiger partial charge in [0.2, 0.25) is 0 Å². The van der Waals surface area contributed by atoms with Gasteiger partial charge < -0.3 is 8.85 Å². The average Bonchev–Trinajstić information content (AvgIpc) is 3.11. The number of carbonyl (C=O) groups excluding carboxylic acids is 1. The predicted octanol–water partition coefficient (Wildman–Crippen LogP) is 7.82. The van der Waals surface area contributed by atoms with E-state index in [4.69, 9.17) is 8.85 Å². The highest BCUT2D eigenvalue weighted by atomic mass is 28.4. The topological polar surface area (TPSA) is 35.5 Å². The maximum atomic E-state index is 12.4. The first-order valence-electron chi connectivity index (χ1n) is 14.4. The molecule has 0 bridgehead atoms. The number of Topliss-reactive ketones (excluding diaryl/α,β-unsaturated/α-hetero) is 1. The first kappa shape index (κ1) is 27.6. The van der Waals surface area contributed by atoms with Crippen molar-refractivity contribution in [1.29, 1.82) is 0 Å². The molecule has 3 nitrogen and oxygen atoms in total. The average molecular weight is 517 g/mol. The highest BCUT2D eigenvalue weighted by molar-refractivity contribution is 6.74. The lowest BCUT2D eigenvalue weighted by Gasteiger charge is -2.49. The smallest absolute Gasteiger partial charge is 0.193 e. The van der Waals surface area contributed by atoms with Crippen LogP contribution in [0.2, 0.25) is 36.3 Å². The van der Waals surface area contributed by atoms with Gasteiger partial charge in [-0.15, -0.1) is 0 Å². The molecule has 0 heterocycles. The van der Waals surface area contributed by atoms with Crippen molar-refractivity contribution in [2.75, 3.05) is 0 Å². The molecule has 198 valence electrons. The van der Waals surface area contributed by atoms with Crippen molar-refractivity contribution < 1.29 is 13.6 Å². The fraction of sp³-hybridized carbons (Fsp3) is 0.900. The SMILES string of the molecule is CC(C)(C)[Si](C)(C)O[C@H](C#C[C@H]1[C@@H]2CC(=O)[C@@H]2CC[C@@H]1O[Si](C)(C)C(C)(C)C)CC1C2CCCC21. The molecule has 0 aromatic carbocycles. The molecule has 0 radical (unpaired) electrons. The van der Waals surface area contributed by atoms with Gasteiger partial charge in [-0.1, -0.05) is 59.8 Å². The number of rotatable bonds is 6. The lowest BCUT2D eigenvalue weighted by atomic mass is 9.59. The molecule has 2 unspecified atom stereocenters. The van der Waals surface area contributed by atoms with Crippen molar-refractivity contribution in [3.8, 4) is 11.8 Å². The highest BCUT2D eigenvalue weighted by Crippen LogP contribution is 2.59. The van der Waals surface area contributed by atoms with E-state index in [1.165, 1.54) is 19.3 Å². The summed E-state index contributed by atoms with van der Waals surface area (Å²) in [4.78, 5) is 12.4. The first-order valence-corrected chi connectivity index (χ1v) is 20.2. The van der Waals surface area contributed by atoms with E-state index in [1.54, 1.807) is 0 Å². The van der Waals surface area contributed by atoms with E-state index in [0.29, 0.717) is 18.1 Å². The number of hydrogen-bond donors (Lipinski definition) is 0. The van der Waals surface area contributed by atoms with E-state index >= 15 is 0 Å². The van der Waals surface area contributed by atoms with E-state index in [-0.39, 0.29) is 34.1 Å². The molecule has 4 saturated carbocycles. The predicted molar refractivity (Wildman–Crippen MR) is 150 cm³/mol. The van der Waals surface area contributed by atoms with Gasteiger partial charge in [0.15, 0.2) is 16.6 Å². The van der Waals surface area contributed by atoms with Crippen LogP contribution in [0, 0.1) is 47.3 Å². The molecule has 5 heteroatoms. The van der Waals surface area contributed by atoms with E-state index in [1.807, 2.05) is 0 Å². The molecule has 4 rings (SSSR count). The molecule has 7 atom stereocenters. The molecule has 4 aliphatic carbocycles. The molecule has 4 fully saturated rings. The lowest BCUT2D eigenvalue weighted by Crippen LogP contribution is -2.53. The van der Waals surface area contributed by atoms with E-state index in [0.717, 1.165) is 37.0 Å². The molecule has 0 aromatic heterocycles. The van der Waals surface area contributed by atoms with Gasteiger partial charge in [0, 0.05) is 18.3 Å². The van der Waals surface area contributed by atoms with Crippen LogP contribution in [0.3, 0.4) is 0 Å².